The lowest BCUT2D eigenvalue weighted by molar-refractivity contribution is -0.112. The summed E-state index contributed by atoms with van der Waals surface area (Å²) in [5.41, 5.74) is 6.82. The number of hydrogen-bond acceptors (Lipinski definition) is 3. The van der Waals surface area contributed by atoms with Crippen molar-refractivity contribution < 1.29 is 9.90 Å². The van der Waals surface area contributed by atoms with Gasteiger partial charge in [-0.05, 0) is 18.6 Å². The minimum Gasteiger partial charge on any atom is -0.389 e. The number of rotatable bonds is 4. The molecule has 4 nitrogen and oxygen atoms in total. The van der Waals surface area contributed by atoms with Crippen LogP contribution in [0.4, 0.5) is 5.69 Å². The van der Waals surface area contributed by atoms with Crippen molar-refractivity contribution in [2.24, 2.45) is 5.73 Å². The van der Waals surface area contributed by atoms with E-state index in [1.165, 1.54) is 12.2 Å². The predicted molar refractivity (Wildman–Crippen MR) is 68.8 cm³/mol. The van der Waals surface area contributed by atoms with E-state index in [-0.39, 0.29) is 12.5 Å². The number of amides is 1. The molecule has 0 spiro atoms. The summed E-state index contributed by atoms with van der Waals surface area (Å²) in [4.78, 5) is 11.5. The van der Waals surface area contributed by atoms with Crippen molar-refractivity contribution in [3.63, 3.8) is 0 Å². The molecule has 17 heavy (non-hydrogen) atoms. The molecule has 0 bridgehead atoms. The van der Waals surface area contributed by atoms with Gasteiger partial charge >= 0.3 is 0 Å². The van der Waals surface area contributed by atoms with E-state index < -0.39 is 6.10 Å². The zero-order valence-electron chi connectivity index (χ0n) is 9.48. The summed E-state index contributed by atoms with van der Waals surface area (Å²) >= 11 is 5.97. The molecule has 92 valence electrons. The molecule has 0 radical (unpaired) electrons. The molecule has 0 saturated heterocycles. The average molecular weight is 255 g/mol. The summed E-state index contributed by atoms with van der Waals surface area (Å²) in [6.45, 7) is 1.85. The van der Waals surface area contributed by atoms with Crippen LogP contribution in [-0.4, -0.2) is 17.1 Å². The maximum atomic E-state index is 11.5. The van der Waals surface area contributed by atoms with Gasteiger partial charge in [0.15, 0.2) is 0 Å². The molecular formula is C12H15ClN2O2. The topological polar surface area (TPSA) is 75.3 Å². The lowest BCUT2D eigenvalue weighted by Crippen LogP contribution is -2.12. The number of hydrogen-bond donors (Lipinski definition) is 3. The first-order chi connectivity index (χ1) is 8.04. The van der Waals surface area contributed by atoms with Gasteiger partial charge in [-0.25, -0.2) is 0 Å². The van der Waals surface area contributed by atoms with E-state index in [0.29, 0.717) is 10.7 Å². The van der Waals surface area contributed by atoms with E-state index in [0.717, 1.165) is 5.56 Å². The van der Waals surface area contributed by atoms with Crippen molar-refractivity contribution in [3.05, 3.63) is 40.9 Å². The molecule has 1 unspecified atom stereocenters. The summed E-state index contributed by atoms with van der Waals surface area (Å²) in [7, 11) is 0. The first-order valence-corrected chi connectivity index (χ1v) is 5.57. The summed E-state index contributed by atoms with van der Waals surface area (Å²) in [5.74, 6) is -0.353. The second-order valence-electron chi connectivity index (χ2n) is 3.57. The standard InChI is InChI=1S/C12H15ClN2O2/c1-8(16)5-6-11(17)15-12-9(7-14)3-2-4-10(12)13/h2-6,8,16H,7,14H2,1H3,(H,15,17). The minimum absolute atomic E-state index is 0.288. The quantitative estimate of drug-likeness (QED) is 0.716. The third-order valence-electron chi connectivity index (χ3n) is 2.09. The molecule has 1 rings (SSSR count). The Morgan fingerprint density at radius 2 is 2.35 bits per heavy atom. The summed E-state index contributed by atoms with van der Waals surface area (Å²) in [6, 6.07) is 5.24. The monoisotopic (exact) mass is 254 g/mol. The van der Waals surface area contributed by atoms with Gasteiger partial charge in [-0.15, -0.1) is 0 Å². The first-order valence-electron chi connectivity index (χ1n) is 5.19. The van der Waals surface area contributed by atoms with Crippen molar-refractivity contribution in [2.45, 2.75) is 19.6 Å². The highest BCUT2D eigenvalue weighted by Crippen LogP contribution is 2.25. The molecular weight excluding hydrogens is 240 g/mol. The van der Waals surface area contributed by atoms with Crippen LogP contribution in [0.5, 0.6) is 0 Å². The number of benzene rings is 1. The van der Waals surface area contributed by atoms with E-state index in [4.69, 9.17) is 22.4 Å². The number of anilines is 1. The van der Waals surface area contributed by atoms with E-state index in [2.05, 4.69) is 5.32 Å². The molecule has 5 heteroatoms. The molecule has 1 amide bonds. The van der Waals surface area contributed by atoms with Crippen LogP contribution >= 0.6 is 11.6 Å². The van der Waals surface area contributed by atoms with Crippen LogP contribution in [0.25, 0.3) is 0 Å². The van der Waals surface area contributed by atoms with E-state index in [1.54, 1.807) is 25.1 Å². The van der Waals surface area contributed by atoms with E-state index in [1.807, 2.05) is 0 Å². The van der Waals surface area contributed by atoms with Crippen LogP contribution in [0.2, 0.25) is 5.02 Å². The van der Waals surface area contributed by atoms with Gasteiger partial charge < -0.3 is 16.2 Å². The maximum Gasteiger partial charge on any atom is 0.248 e. The summed E-state index contributed by atoms with van der Waals surface area (Å²) in [6.07, 6.45) is 1.98. The van der Waals surface area contributed by atoms with Crippen molar-refractivity contribution in [1.29, 1.82) is 0 Å². The van der Waals surface area contributed by atoms with Crippen molar-refractivity contribution in [1.82, 2.24) is 0 Å². The van der Waals surface area contributed by atoms with Crippen molar-refractivity contribution in [2.75, 3.05) is 5.32 Å². The van der Waals surface area contributed by atoms with Crippen LogP contribution < -0.4 is 11.1 Å². The SMILES string of the molecule is CC(O)C=CC(=O)Nc1c(Cl)cccc1CN. The van der Waals surface area contributed by atoms with Gasteiger partial charge in [0.25, 0.3) is 0 Å². The average Bonchev–Trinajstić information content (AvgIpc) is 2.29. The smallest absolute Gasteiger partial charge is 0.248 e. The van der Waals surface area contributed by atoms with Crippen molar-refractivity contribution >= 4 is 23.2 Å². The Morgan fingerprint density at radius 1 is 1.65 bits per heavy atom. The molecule has 0 aliphatic heterocycles. The van der Waals surface area contributed by atoms with Crippen LogP contribution in [-0.2, 0) is 11.3 Å². The van der Waals surface area contributed by atoms with Gasteiger partial charge in [-0.1, -0.05) is 29.8 Å². The number of halogens is 1. The van der Waals surface area contributed by atoms with Crippen LogP contribution in [0, 0.1) is 0 Å². The highest BCUT2D eigenvalue weighted by Gasteiger charge is 2.07. The number of aliphatic hydroxyl groups excluding tert-OH is 1. The third kappa shape index (κ3) is 4.19. The van der Waals surface area contributed by atoms with Gasteiger partial charge in [-0.2, -0.15) is 0 Å². The Hall–Kier alpha value is -1.36. The van der Waals surface area contributed by atoms with Crippen molar-refractivity contribution in [3.8, 4) is 0 Å². The second-order valence-corrected chi connectivity index (χ2v) is 3.97. The Bertz CT molecular complexity index is 431. The van der Waals surface area contributed by atoms with E-state index in [9.17, 15) is 4.79 Å². The Morgan fingerprint density at radius 3 is 2.94 bits per heavy atom. The number of aliphatic hydroxyl groups is 1. The largest absolute Gasteiger partial charge is 0.389 e. The zero-order valence-corrected chi connectivity index (χ0v) is 10.2. The Balaban J connectivity index is 2.84. The Labute approximate surface area is 105 Å². The number of nitrogens with one attached hydrogen (secondary N) is 1. The number of carbonyl (C=O) groups excluding carboxylic acids is 1. The molecule has 1 aromatic carbocycles. The van der Waals surface area contributed by atoms with Gasteiger partial charge in [0, 0.05) is 12.6 Å². The fraction of sp³-hybridized carbons (Fsp3) is 0.250. The van der Waals surface area contributed by atoms with Gasteiger partial charge in [0.1, 0.15) is 0 Å². The fourth-order valence-corrected chi connectivity index (χ4v) is 1.51. The van der Waals surface area contributed by atoms with Gasteiger partial charge in [0.2, 0.25) is 5.91 Å². The predicted octanol–water partition coefficient (Wildman–Crippen LogP) is 1.67. The second kappa shape index (κ2) is 6.39. The molecule has 4 N–H and O–H groups in total. The van der Waals surface area contributed by atoms with Crippen LogP contribution in [0.1, 0.15) is 12.5 Å². The molecule has 0 heterocycles. The lowest BCUT2D eigenvalue weighted by Gasteiger charge is -2.10. The number of carbonyl (C=O) groups is 1. The minimum atomic E-state index is -0.666. The van der Waals surface area contributed by atoms with Crippen LogP contribution in [0.15, 0.2) is 30.4 Å². The zero-order chi connectivity index (χ0) is 12.8. The molecule has 0 aliphatic rings. The van der Waals surface area contributed by atoms with Gasteiger partial charge in [0.05, 0.1) is 16.8 Å². The normalized spacial score (nSPS) is 12.7. The maximum absolute atomic E-state index is 11.5. The molecule has 0 saturated carbocycles. The van der Waals surface area contributed by atoms with Gasteiger partial charge in [-0.3, -0.25) is 4.79 Å². The first kappa shape index (κ1) is 13.7. The molecule has 1 aromatic rings. The van der Waals surface area contributed by atoms with E-state index >= 15 is 0 Å². The molecule has 1 atom stereocenters. The summed E-state index contributed by atoms with van der Waals surface area (Å²) in [5, 5.41) is 12.1. The molecule has 0 aliphatic carbocycles. The highest BCUT2D eigenvalue weighted by molar-refractivity contribution is 6.34. The number of para-hydroxylation sites is 1. The fourth-order valence-electron chi connectivity index (χ4n) is 1.27. The summed E-state index contributed by atoms with van der Waals surface area (Å²) < 4.78 is 0. The highest BCUT2D eigenvalue weighted by atomic mass is 35.5. The number of nitrogens with two attached hydrogens (primary N) is 1. The molecule has 0 aromatic heterocycles. The van der Waals surface area contributed by atoms with Crippen LogP contribution in [0.3, 0.4) is 0 Å². The lowest BCUT2D eigenvalue weighted by atomic mass is 10.1. The Kier molecular flexibility index (Phi) is 5.15. The third-order valence-corrected chi connectivity index (χ3v) is 2.41. The molecule has 0 fully saturated rings.